The third kappa shape index (κ3) is 2.86. The first-order valence-electron chi connectivity index (χ1n) is 5.46. The summed E-state index contributed by atoms with van der Waals surface area (Å²) in [6, 6.07) is 5.57. The van der Waals surface area contributed by atoms with Gasteiger partial charge in [-0.25, -0.2) is 4.98 Å². The van der Waals surface area contributed by atoms with E-state index < -0.39 is 0 Å². The van der Waals surface area contributed by atoms with Crippen LogP contribution >= 0.6 is 0 Å². The van der Waals surface area contributed by atoms with Crippen molar-refractivity contribution in [1.82, 2.24) is 4.98 Å². The predicted molar refractivity (Wildman–Crippen MR) is 66.1 cm³/mol. The molecule has 4 heteroatoms. The van der Waals surface area contributed by atoms with Gasteiger partial charge in [0.2, 0.25) is 0 Å². The van der Waals surface area contributed by atoms with Crippen molar-refractivity contribution >= 4 is 11.5 Å². The summed E-state index contributed by atoms with van der Waals surface area (Å²) < 4.78 is 0. The molecule has 0 bridgehead atoms. The number of anilines is 2. The van der Waals surface area contributed by atoms with Crippen LogP contribution in [-0.4, -0.2) is 18.6 Å². The Morgan fingerprint density at radius 3 is 2.81 bits per heavy atom. The molecule has 0 aliphatic carbocycles. The lowest BCUT2D eigenvalue weighted by Crippen LogP contribution is -2.24. The number of hydrogen-bond acceptors (Lipinski definition) is 4. The minimum absolute atomic E-state index is 0.300. The molecule has 2 N–H and O–H groups in total. The number of aromatic nitrogens is 1. The highest BCUT2D eigenvalue weighted by Gasteiger charge is 2.08. The molecule has 1 aromatic heterocycles. The number of rotatable bonds is 4. The third-order valence-electron chi connectivity index (χ3n) is 2.69. The number of nitrogens with two attached hydrogens (primary N) is 1. The van der Waals surface area contributed by atoms with Crippen molar-refractivity contribution in [2.45, 2.75) is 20.3 Å². The monoisotopic (exact) mass is 218 g/mol. The molecular formula is C12H18N4. The topological polar surface area (TPSA) is 65.9 Å². The molecular weight excluding hydrogens is 200 g/mol. The Labute approximate surface area is 96.7 Å². The average Bonchev–Trinajstić information content (AvgIpc) is 2.29. The fraction of sp³-hybridized carbons (Fsp3) is 0.500. The van der Waals surface area contributed by atoms with Gasteiger partial charge in [-0.3, -0.25) is 0 Å². The maximum absolute atomic E-state index is 8.84. The van der Waals surface area contributed by atoms with Gasteiger partial charge >= 0.3 is 0 Å². The molecule has 0 spiro atoms. The number of pyridine rings is 1. The van der Waals surface area contributed by atoms with Gasteiger partial charge in [0.1, 0.15) is 11.9 Å². The Bertz CT molecular complexity index is 394. The molecule has 0 radical (unpaired) electrons. The molecule has 0 fully saturated rings. The number of nitriles is 1. The fourth-order valence-corrected chi connectivity index (χ4v) is 1.45. The van der Waals surface area contributed by atoms with Crippen LogP contribution in [0.15, 0.2) is 12.1 Å². The lowest BCUT2D eigenvalue weighted by Gasteiger charge is -2.21. The number of hydrogen-bond donors (Lipinski definition) is 1. The molecule has 86 valence electrons. The summed E-state index contributed by atoms with van der Waals surface area (Å²) in [6.45, 7) is 5.28. The van der Waals surface area contributed by atoms with E-state index in [0.717, 1.165) is 18.8 Å². The van der Waals surface area contributed by atoms with Crippen LogP contribution in [0, 0.1) is 17.2 Å². The lowest BCUT2D eigenvalue weighted by molar-refractivity contribution is 0.557. The fourth-order valence-electron chi connectivity index (χ4n) is 1.45. The SMILES string of the molecule is CCC(C)CN(C)c1ccc(N)c(C#N)n1. The van der Waals surface area contributed by atoms with Crippen LogP contribution in [0.25, 0.3) is 0 Å². The summed E-state index contributed by atoms with van der Waals surface area (Å²) in [5.41, 5.74) is 6.36. The zero-order valence-corrected chi connectivity index (χ0v) is 10.1. The van der Waals surface area contributed by atoms with Gasteiger partial charge in [0, 0.05) is 13.6 Å². The Balaban J connectivity index is 2.84. The molecule has 16 heavy (non-hydrogen) atoms. The molecule has 1 heterocycles. The van der Waals surface area contributed by atoms with Crippen LogP contribution in [0.3, 0.4) is 0 Å². The first-order valence-corrected chi connectivity index (χ1v) is 5.46. The van der Waals surface area contributed by atoms with Crippen molar-refractivity contribution in [2.24, 2.45) is 5.92 Å². The predicted octanol–water partition coefficient (Wildman–Crippen LogP) is 2.02. The van der Waals surface area contributed by atoms with Gasteiger partial charge in [-0.2, -0.15) is 5.26 Å². The van der Waals surface area contributed by atoms with Gasteiger partial charge in [-0.1, -0.05) is 20.3 Å². The normalized spacial score (nSPS) is 11.9. The first kappa shape index (κ1) is 12.3. The molecule has 0 aliphatic heterocycles. The van der Waals surface area contributed by atoms with Crippen LogP contribution in [0.4, 0.5) is 11.5 Å². The Morgan fingerprint density at radius 1 is 1.56 bits per heavy atom. The highest BCUT2D eigenvalue weighted by Crippen LogP contribution is 2.16. The van der Waals surface area contributed by atoms with E-state index in [1.54, 1.807) is 6.07 Å². The summed E-state index contributed by atoms with van der Waals surface area (Å²) in [5, 5.41) is 8.84. The zero-order chi connectivity index (χ0) is 12.1. The van der Waals surface area contributed by atoms with Gasteiger partial charge in [0.15, 0.2) is 5.69 Å². The average molecular weight is 218 g/mol. The van der Waals surface area contributed by atoms with Gasteiger partial charge in [0.25, 0.3) is 0 Å². The smallest absolute Gasteiger partial charge is 0.165 e. The van der Waals surface area contributed by atoms with Crippen molar-refractivity contribution in [1.29, 1.82) is 5.26 Å². The maximum Gasteiger partial charge on any atom is 0.165 e. The van der Waals surface area contributed by atoms with E-state index in [9.17, 15) is 0 Å². The van der Waals surface area contributed by atoms with Gasteiger partial charge in [-0.15, -0.1) is 0 Å². The van der Waals surface area contributed by atoms with E-state index in [2.05, 4.69) is 23.7 Å². The second-order valence-corrected chi connectivity index (χ2v) is 4.11. The standard InChI is InChI=1S/C12H18N4/c1-4-9(2)8-16(3)12-6-5-10(14)11(7-13)15-12/h5-6,9H,4,8,14H2,1-3H3. The second-order valence-electron chi connectivity index (χ2n) is 4.11. The number of nitrogen functional groups attached to an aromatic ring is 1. The van der Waals surface area contributed by atoms with Crippen molar-refractivity contribution < 1.29 is 0 Å². The molecule has 1 unspecified atom stereocenters. The molecule has 1 atom stereocenters. The van der Waals surface area contributed by atoms with Crippen LogP contribution < -0.4 is 10.6 Å². The highest BCUT2D eigenvalue weighted by atomic mass is 15.2. The first-order chi connectivity index (χ1) is 7.58. The largest absolute Gasteiger partial charge is 0.396 e. The Morgan fingerprint density at radius 2 is 2.25 bits per heavy atom. The third-order valence-corrected chi connectivity index (χ3v) is 2.69. The minimum Gasteiger partial charge on any atom is -0.396 e. The summed E-state index contributed by atoms with van der Waals surface area (Å²) in [7, 11) is 1.98. The van der Waals surface area contributed by atoms with Crippen molar-refractivity contribution in [2.75, 3.05) is 24.2 Å². The molecule has 0 aromatic carbocycles. The van der Waals surface area contributed by atoms with Gasteiger partial charge < -0.3 is 10.6 Å². The maximum atomic E-state index is 8.84. The van der Waals surface area contributed by atoms with E-state index in [-0.39, 0.29) is 0 Å². The van der Waals surface area contributed by atoms with E-state index in [1.165, 1.54) is 0 Å². The molecule has 0 amide bonds. The van der Waals surface area contributed by atoms with Gasteiger partial charge in [0.05, 0.1) is 5.69 Å². The molecule has 0 aliphatic rings. The molecule has 0 saturated heterocycles. The highest BCUT2D eigenvalue weighted by molar-refractivity contribution is 5.55. The van der Waals surface area contributed by atoms with E-state index in [0.29, 0.717) is 17.3 Å². The van der Waals surface area contributed by atoms with Crippen LogP contribution in [0.1, 0.15) is 26.0 Å². The summed E-state index contributed by atoms with van der Waals surface area (Å²) in [4.78, 5) is 6.27. The van der Waals surface area contributed by atoms with Crippen molar-refractivity contribution in [3.8, 4) is 6.07 Å². The van der Waals surface area contributed by atoms with Crippen LogP contribution in [0.2, 0.25) is 0 Å². The quantitative estimate of drug-likeness (QED) is 0.839. The van der Waals surface area contributed by atoms with Crippen LogP contribution in [-0.2, 0) is 0 Å². The molecule has 1 rings (SSSR count). The summed E-state index contributed by atoms with van der Waals surface area (Å²) >= 11 is 0. The second kappa shape index (κ2) is 5.36. The summed E-state index contributed by atoms with van der Waals surface area (Å²) in [5.74, 6) is 1.40. The Kier molecular flexibility index (Phi) is 4.12. The van der Waals surface area contributed by atoms with Gasteiger partial charge in [-0.05, 0) is 18.1 Å². The van der Waals surface area contributed by atoms with E-state index >= 15 is 0 Å². The van der Waals surface area contributed by atoms with E-state index in [4.69, 9.17) is 11.0 Å². The van der Waals surface area contributed by atoms with Crippen LogP contribution in [0.5, 0.6) is 0 Å². The van der Waals surface area contributed by atoms with E-state index in [1.807, 2.05) is 19.2 Å². The minimum atomic E-state index is 0.300. The van der Waals surface area contributed by atoms with Crippen molar-refractivity contribution in [3.63, 3.8) is 0 Å². The molecule has 0 saturated carbocycles. The summed E-state index contributed by atoms with van der Waals surface area (Å²) in [6.07, 6.45) is 1.13. The molecule has 4 nitrogen and oxygen atoms in total. The Hall–Kier alpha value is -1.76. The molecule has 1 aromatic rings. The zero-order valence-electron chi connectivity index (χ0n) is 10.1. The number of nitrogens with zero attached hydrogens (tertiary/aromatic N) is 3. The van der Waals surface area contributed by atoms with Crippen molar-refractivity contribution in [3.05, 3.63) is 17.8 Å². The lowest BCUT2D eigenvalue weighted by atomic mass is 10.1.